The number of halogens is 4. The van der Waals surface area contributed by atoms with Gasteiger partial charge < -0.3 is 9.64 Å². The first-order valence-corrected chi connectivity index (χ1v) is 10.9. The molecule has 3 heterocycles. The van der Waals surface area contributed by atoms with Gasteiger partial charge in [-0.3, -0.25) is 9.48 Å². The molecule has 2 unspecified atom stereocenters. The van der Waals surface area contributed by atoms with E-state index in [0.29, 0.717) is 30.7 Å². The van der Waals surface area contributed by atoms with Gasteiger partial charge in [0.2, 0.25) is 5.88 Å². The van der Waals surface area contributed by atoms with Crippen LogP contribution < -0.4 is 4.74 Å². The Labute approximate surface area is 194 Å². The molecule has 3 aromatic rings. The lowest BCUT2D eigenvalue weighted by molar-refractivity contribution is 0.0508. The van der Waals surface area contributed by atoms with Gasteiger partial charge in [0, 0.05) is 24.2 Å². The van der Waals surface area contributed by atoms with Crippen LogP contribution in [0.15, 0.2) is 24.4 Å². The molecule has 0 fully saturated rings. The summed E-state index contributed by atoms with van der Waals surface area (Å²) < 4.78 is 62.2. The Kier molecular flexibility index (Phi) is 6.33. The van der Waals surface area contributed by atoms with E-state index < -0.39 is 35.2 Å². The molecule has 0 N–H and O–H groups in total. The van der Waals surface area contributed by atoms with E-state index in [-0.39, 0.29) is 23.0 Å². The summed E-state index contributed by atoms with van der Waals surface area (Å²) in [5.74, 6) is -5.21. The fraction of sp³-hybridized carbons (Fsp3) is 0.375. The molecule has 1 aromatic carbocycles. The number of nitrogens with zero attached hydrogens (tertiary/aromatic N) is 4. The van der Waals surface area contributed by atoms with E-state index in [0.717, 1.165) is 30.0 Å². The van der Waals surface area contributed by atoms with Crippen molar-refractivity contribution >= 4 is 5.91 Å². The molecule has 0 radical (unpaired) electrons. The van der Waals surface area contributed by atoms with Gasteiger partial charge in [-0.15, -0.1) is 0 Å². The van der Waals surface area contributed by atoms with E-state index in [4.69, 9.17) is 4.74 Å². The zero-order valence-corrected chi connectivity index (χ0v) is 19.2. The van der Waals surface area contributed by atoms with Crippen LogP contribution in [0.5, 0.6) is 5.88 Å². The minimum Gasteiger partial charge on any atom is -0.480 e. The summed E-state index contributed by atoms with van der Waals surface area (Å²) in [4.78, 5) is 19.2. The summed E-state index contributed by atoms with van der Waals surface area (Å²) in [6.07, 6.45) is 2.38. The molecule has 0 spiro atoms. The second-order valence-electron chi connectivity index (χ2n) is 8.20. The highest BCUT2D eigenvalue weighted by molar-refractivity contribution is 5.97. The Morgan fingerprint density at radius 1 is 1.12 bits per heavy atom. The fourth-order valence-electron chi connectivity index (χ4n) is 4.75. The lowest BCUT2D eigenvalue weighted by atomic mass is 9.87. The summed E-state index contributed by atoms with van der Waals surface area (Å²) in [5.41, 5.74) is 1.93. The van der Waals surface area contributed by atoms with E-state index in [1.54, 1.807) is 11.9 Å². The lowest BCUT2D eigenvalue weighted by Crippen LogP contribution is -2.47. The highest BCUT2D eigenvalue weighted by atomic mass is 19.2. The van der Waals surface area contributed by atoms with Crippen LogP contribution >= 0.6 is 0 Å². The van der Waals surface area contributed by atoms with Gasteiger partial charge in [-0.25, -0.2) is 22.5 Å². The highest BCUT2D eigenvalue weighted by Gasteiger charge is 2.41. The molecule has 180 valence electrons. The molecule has 1 aliphatic rings. The molecule has 4 rings (SSSR count). The topological polar surface area (TPSA) is 60.2 Å². The van der Waals surface area contributed by atoms with Crippen molar-refractivity contribution in [2.45, 2.75) is 45.2 Å². The average molecular weight is 476 g/mol. The summed E-state index contributed by atoms with van der Waals surface area (Å²) in [6, 6.07) is 2.19. The molecule has 34 heavy (non-hydrogen) atoms. The van der Waals surface area contributed by atoms with Crippen LogP contribution in [0.2, 0.25) is 0 Å². The number of carbonyl (C=O) groups is 1. The first-order valence-electron chi connectivity index (χ1n) is 10.9. The standard InChI is InChI=1S/C24H24F4N4O2/c1-5-14-10-15-21(30-31(3)22(15)12-7-17(26)20(28)18(27)8-12)19(6-2)32(14)24(33)16-9-13(25)11-29-23(16)34-4/h7-9,11,14,19H,5-6,10H2,1-4H3. The number of pyridine rings is 1. The van der Waals surface area contributed by atoms with Crippen LogP contribution in [-0.4, -0.2) is 38.7 Å². The molecule has 1 aliphatic heterocycles. The average Bonchev–Trinajstić information content (AvgIpc) is 3.15. The van der Waals surface area contributed by atoms with Crippen LogP contribution in [0.25, 0.3) is 11.3 Å². The molecular weight excluding hydrogens is 452 g/mol. The maximum absolute atomic E-state index is 14.0. The summed E-state index contributed by atoms with van der Waals surface area (Å²) in [5, 5.41) is 4.58. The normalized spacial score (nSPS) is 17.6. The molecule has 0 saturated heterocycles. The second-order valence-corrected chi connectivity index (χ2v) is 8.20. The minimum atomic E-state index is -1.54. The van der Waals surface area contributed by atoms with E-state index in [9.17, 15) is 22.4 Å². The van der Waals surface area contributed by atoms with Gasteiger partial charge in [0.1, 0.15) is 11.4 Å². The Morgan fingerprint density at radius 3 is 2.38 bits per heavy atom. The zero-order chi connectivity index (χ0) is 24.7. The number of benzene rings is 1. The van der Waals surface area contributed by atoms with Crippen molar-refractivity contribution in [3.8, 4) is 17.1 Å². The van der Waals surface area contributed by atoms with Gasteiger partial charge in [-0.05, 0) is 37.5 Å². The third kappa shape index (κ3) is 3.80. The van der Waals surface area contributed by atoms with Crippen LogP contribution in [0.4, 0.5) is 17.6 Å². The third-order valence-corrected chi connectivity index (χ3v) is 6.25. The Balaban J connectivity index is 1.85. The SMILES string of the molecule is CCC1Cc2c(nn(C)c2-c2cc(F)c(F)c(F)c2)C(CC)N1C(=O)c1cc(F)cnc1OC. The van der Waals surface area contributed by atoms with Crippen molar-refractivity contribution in [1.82, 2.24) is 19.7 Å². The summed E-state index contributed by atoms with van der Waals surface area (Å²) in [6.45, 7) is 3.80. The molecule has 6 nitrogen and oxygen atoms in total. The number of aromatic nitrogens is 3. The predicted octanol–water partition coefficient (Wildman–Crippen LogP) is 4.98. The maximum Gasteiger partial charge on any atom is 0.260 e. The quantitative estimate of drug-likeness (QED) is 0.385. The predicted molar refractivity (Wildman–Crippen MR) is 116 cm³/mol. The number of methoxy groups -OCH3 is 1. The number of fused-ring (bicyclic) bond motifs is 1. The first kappa shape index (κ1) is 23.7. The number of rotatable bonds is 5. The van der Waals surface area contributed by atoms with Gasteiger partial charge in [-0.1, -0.05) is 13.8 Å². The summed E-state index contributed by atoms with van der Waals surface area (Å²) >= 11 is 0. The summed E-state index contributed by atoms with van der Waals surface area (Å²) in [7, 11) is 2.98. The Hall–Kier alpha value is -3.43. The van der Waals surface area contributed by atoms with E-state index in [1.165, 1.54) is 11.8 Å². The van der Waals surface area contributed by atoms with E-state index >= 15 is 0 Å². The molecule has 2 atom stereocenters. The van der Waals surface area contributed by atoms with Crippen molar-refractivity contribution in [2.24, 2.45) is 7.05 Å². The highest BCUT2D eigenvalue weighted by Crippen LogP contribution is 2.42. The number of hydrogen-bond acceptors (Lipinski definition) is 4. The van der Waals surface area contributed by atoms with Crippen molar-refractivity contribution < 1.29 is 27.1 Å². The molecule has 10 heteroatoms. The zero-order valence-electron chi connectivity index (χ0n) is 19.2. The Bertz CT molecular complexity index is 1240. The van der Waals surface area contributed by atoms with Crippen molar-refractivity contribution in [3.63, 3.8) is 0 Å². The molecule has 2 aromatic heterocycles. The van der Waals surface area contributed by atoms with E-state index in [2.05, 4.69) is 10.1 Å². The second kappa shape index (κ2) is 9.08. The van der Waals surface area contributed by atoms with Gasteiger partial charge in [0.15, 0.2) is 17.5 Å². The van der Waals surface area contributed by atoms with Gasteiger partial charge in [0.05, 0.1) is 30.7 Å². The number of aryl methyl sites for hydroxylation is 1. The van der Waals surface area contributed by atoms with Crippen LogP contribution in [0.3, 0.4) is 0 Å². The first-order chi connectivity index (χ1) is 16.2. The number of ether oxygens (including phenoxy) is 1. The Morgan fingerprint density at radius 2 is 1.79 bits per heavy atom. The molecule has 1 amide bonds. The van der Waals surface area contributed by atoms with Crippen LogP contribution in [0, 0.1) is 23.3 Å². The maximum atomic E-state index is 14.0. The van der Waals surface area contributed by atoms with Crippen molar-refractivity contribution in [2.75, 3.05) is 7.11 Å². The molecular formula is C24H24F4N4O2. The third-order valence-electron chi connectivity index (χ3n) is 6.25. The van der Waals surface area contributed by atoms with Gasteiger partial charge in [-0.2, -0.15) is 5.10 Å². The van der Waals surface area contributed by atoms with Gasteiger partial charge >= 0.3 is 0 Å². The van der Waals surface area contributed by atoms with Crippen molar-refractivity contribution in [1.29, 1.82) is 0 Å². The van der Waals surface area contributed by atoms with Crippen molar-refractivity contribution in [3.05, 3.63) is 64.5 Å². The fourth-order valence-corrected chi connectivity index (χ4v) is 4.75. The number of amides is 1. The molecule has 0 bridgehead atoms. The molecule has 0 saturated carbocycles. The van der Waals surface area contributed by atoms with E-state index in [1.807, 2.05) is 13.8 Å². The molecule has 0 aliphatic carbocycles. The van der Waals surface area contributed by atoms with Gasteiger partial charge in [0.25, 0.3) is 5.91 Å². The minimum absolute atomic E-state index is 0.00156. The number of hydrogen-bond donors (Lipinski definition) is 0. The monoisotopic (exact) mass is 476 g/mol. The lowest BCUT2D eigenvalue weighted by Gasteiger charge is -2.41. The van der Waals surface area contributed by atoms with Crippen LogP contribution in [0.1, 0.15) is 54.3 Å². The van der Waals surface area contributed by atoms with Crippen LogP contribution in [-0.2, 0) is 13.5 Å². The smallest absolute Gasteiger partial charge is 0.260 e. The largest absolute Gasteiger partial charge is 0.480 e. The number of carbonyl (C=O) groups excluding carboxylic acids is 1.